The van der Waals surface area contributed by atoms with Gasteiger partial charge in [-0.05, 0) is 33.1 Å². The van der Waals surface area contributed by atoms with Crippen LogP contribution in [-0.2, 0) is 9.59 Å². The molecule has 20 heavy (non-hydrogen) atoms. The molecule has 0 amide bonds. The number of carboxylic acids is 2. The molecule has 0 fully saturated rings. The van der Waals surface area contributed by atoms with E-state index >= 15 is 0 Å². The van der Waals surface area contributed by atoms with Crippen molar-refractivity contribution in [1.82, 2.24) is 0 Å². The minimum absolute atomic E-state index is 0.389. The van der Waals surface area contributed by atoms with Crippen LogP contribution < -0.4 is 0 Å². The van der Waals surface area contributed by atoms with Crippen LogP contribution in [-0.4, -0.2) is 22.2 Å². The predicted molar refractivity (Wildman–Crippen MR) is 81.8 cm³/mol. The zero-order valence-electron chi connectivity index (χ0n) is 13.1. The lowest BCUT2D eigenvalue weighted by atomic mass is 10.1. The quantitative estimate of drug-likeness (QED) is 0.511. The third-order valence-electron chi connectivity index (χ3n) is 2.87. The van der Waals surface area contributed by atoms with Crippen molar-refractivity contribution in [3.63, 3.8) is 0 Å². The Labute approximate surface area is 122 Å². The van der Waals surface area contributed by atoms with E-state index in [-0.39, 0.29) is 0 Å². The Morgan fingerprint density at radius 1 is 1.00 bits per heavy atom. The van der Waals surface area contributed by atoms with Crippen LogP contribution in [0.4, 0.5) is 0 Å². The summed E-state index contributed by atoms with van der Waals surface area (Å²) < 4.78 is 0. The fourth-order valence-electron chi connectivity index (χ4n) is 1.35. The van der Waals surface area contributed by atoms with E-state index in [1.165, 1.54) is 19.3 Å². The average Bonchev–Trinajstić information content (AvgIpc) is 2.42. The summed E-state index contributed by atoms with van der Waals surface area (Å²) in [6.45, 7) is 7.31. The van der Waals surface area contributed by atoms with E-state index in [4.69, 9.17) is 10.2 Å². The monoisotopic (exact) mass is 284 g/mol. The molecule has 0 heterocycles. The van der Waals surface area contributed by atoms with E-state index in [2.05, 4.69) is 6.92 Å². The zero-order chi connectivity index (χ0) is 16.0. The normalized spacial score (nSPS) is 11.6. The molecule has 0 bridgehead atoms. The maximum Gasteiger partial charge on any atom is 0.331 e. The second-order valence-electron chi connectivity index (χ2n) is 4.51. The molecule has 0 atom stereocenters. The van der Waals surface area contributed by atoms with Gasteiger partial charge in [-0.2, -0.15) is 0 Å². The first kappa shape index (κ1) is 20.7. The summed E-state index contributed by atoms with van der Waals surface area (Å²) in [4.78, 5) is 20.4. The van der Waals surface area contributed by atoms with Gasteiger partial charge in [0.05, 0.1) is 0 Å². The number of hydrogen-bond donors (Lipinski definition) is 2. The van der Waals surface area contributed by atoms with Crippen LogP contribution in [0.25, 0.3) is 0 Å². The molecule has 0 aliphatic heterocycles. The smallest absolute Gasteiger partial charge is 0.331 e. The second-order valence-corrected chi connectivity index (χ2v) is 4.51. The highest BCUT2D eigenvalue weighted by Crippen LogP contribution is 2.07. The van der Waals surface area contributed by atoms with Crippen LogP contribution in [0.5, 0.6) is 0 Å². The Morgan fingerprint density at radius 2 is 1.60 bits per heavy atom. The van der Waals surface area contributed by atoms with Crippen molar-refractivity contribution in [2.75, 3.05) is 0 Å². The van der Waals surface area contributed by atoms with Crippen molar-refractivity contribution in [2.45, 2.75) is 66.2 Å². The van der Waals surface area contributed by atoms with Crippen molar-refractivity contribution >= 4 is 11.9 Å². The Morgan fingerprint density at radius 3 is 1.90 bits per heavy atom. The Kier molecular flexibility index (Phi) is 14.3. The Balaban J connectivity index is 0. The summed E-state index contributed by atoms with van der Waals surface area (Å²) in [7, 11) is 0. The van der Waals surface area contributed by atoms with Gasteiger partial charge in [0, 0.05) is 11.1 Å². The largest absolute Gasteiger partial charge is 0.478 e. The molecular weight excluding hydrogens is 256 g/mol. The molecule has 0 aromatic carbocycles. The number of aliphatic carboxylic acids is 2. The van der Waals surface area contributed by atoms with Gasteiger partial charge in [-0.3, -0.25) is 0 Å². The second kappa shape index (κ2) is 13.8. The molecule has 0 rings (SSSR count). The van der Waals surface area contributed by atoms with Gasteiger partial charge in [0.25, 0.3) is 0 Å². The van der Waals surface area contributed by atoms with E-state index < -0.39 is 11.9 Å². The fraction of sp³-hybridized carbons (Fsp3) is 0.625. The standard InChI is InChI=1S/C11H20O2.C5H8O2/c1-3-5-6-7-8-9-10(4-2)11(12)13;1-3-4(2)5(6)7/h9H,3-8H2,1-2H3,(H,12,13);3H,1-2H3,(H,6,7)/b10-9-;4-3+. The van der Waals surface area contributed by atoms with Crippen molar-refractivity contribution in [2.24, 2.45) is 0 Å². The molecular formula is C16H28O4. The van der Waals surface area contributed by atoms with E-state index in [0.29, 0.717) is 17.6 Å². The fourth-order valence-corrected chi connectivity index (χ4v) is 1.35. The lowest BCUT2D eigenvalue weighted by Crippen LogP contribution is -1.98. The van der Waals surface area contributed by atoms with Crippen molar-refractivity contribution in [1.29, 1.82) is 0 Å². The van der Waals surface area contributed by atoms with E-state index in [0.717, 1.165) is 12.8 Å². The summed E-state index contributed by atoms with van der Waals surface area (Å²) in [5, 5.41) is 16.8. The topological polar surface area (TPSA) is 74.6 Å². The minimum Gasteiger partial charge on any atom is -0.478 e. The number of carbonyl (C=O) groups is 2. The van der Waals surface area contributed by atoms with E-state index in [9.17, 15) is 9.59 Å². The molecule has 116 valence electrons. The van der Waals surface area contributed by atoms with Crippen LogP contribution in [0, 0.1) is 0 Å². The third-order valence-corrected chi connectivity index (χ3v) is 2.87. The van der Waals surface area contributed by atoms with Crippen molar-refractivity contribution in [3.8, 4) is 0 Å². The molecule has 0 unspecified atom stereocenters. The van der Waals surface area contributed by atoms with Crippen LogP contribution in [0.3, 0.4) is 0 Å². The maximum atomic E-state index is 10.6. The zero-order valence-corrected chi connectivity index (χ0v) is 13.1. The first-order valence-corrected chi connectivity index (χ1v) is 7.19. The van der Waals surface area contributed by atoms with Gasteiger partial charge in [-0.25, -0.2) is 9.59 Å². The van der Waals surface area contributed by atoms with Gasteiger partial charge in [0.1, 0.15) is 0 Å². The lowest BCUT2D eigenvalue weighted by Gasteiger charge is -1.98. The highest BCUT2D eigenvalue weighted by molar-refractivity contribution is 5.86. The van der Waals surface area contributed by atoms with Crippen LogP contribution >= 0.6 is 0 Å². The van der Waals surface area contributed by atoms with Crippen LogP contribution in [0.1, 0.15) is 66.2 Å². The first-order chi connectivity index (χ1) is 9.40. The summed E-state index contributed by atoms with van der Waals surface area (Å²) >= 11 is 0. The summed E-state index contributed by atoms with van der Waals surface area (Å²) in [6.07, 6.45) is 9.76. The van der Waals surface area contributed by atoms with Gasteiger partial charge in [0.2, 0.25) is 0 Å². The molecule has 0 aromatic rings. The predicted octanol–water partition coefficient (Wildman–Crippen LogP) is 4.42. The lowest BCUT2D eigenvalue weighted by molar-refractivity contribution is -0.133. The van der Waals surface area contributed by atoms with Gasteiger partial charge in [0.15, 0.2) is 0 Å². The molecule has 0 aromatic heterocycles. The average molecular weight is 284 g/mol. The Bertz CT molecular complexity index is 340. The SMILES string of the molecule is C/C=C(\C)C(=O)O.CCCCCC/C=C(/CC)C(=O)O. The van der Waals surface area contributed by atoms with Crippen LogP contribution in [0.2, 0.25) is 0 Å². The molecule has 4 nitrogen and oxygen atoms in total. The van der Waals surface area contributed by atoms with E-state index in [1.54, 1.807) is 19.9 Å². The minimum atomic E-state index is -0.845. The molecule has 0 saturated carbocycles. The molecule has 4 heteroatoms. The Hall–Kier alpha value is -1.58. The summed E-state index contributed by atoms with van der Waals surface area (Å²) in [5.74, 6) is -1.61. The van der Waals surface area contributed by atoms with E-state index in [1.807, 2.05) is 13.0 Å². The van der Waals surface area contributed by atoms with Gasteiger partial charge in [-0.15, -0.1) is 0 Å². The third kappa shape index (κ3) is 12.9. The molecule has 0 radical (unpaired) electrons. The summed E-state index contributed by atoms with van der Waals surface area (Å²) in [5.41, 5.74) is 0.941. The molecule has 2 N–H and O–H groups in total. The maximum absolute atomic E-state index is 10.6. The number of rotatable bonds is 8. The molecule has 0 aliphatic carbocycles. The molecule has 0 saturated heterocycles. The van der Waals surface area contributed by atoms with Gasteiger partial charge >= 0.3 is 11.9 Å². The van der Waals surface area contributed by atoms with Crippen molar-refractivity contribution < 1.29 is 19.8 Å². The van der Waals surface area contributed by atoms with Crippen molar-refractivity contribution in [3.05, 3.63) is 23.3 Å². The molecule has 0 aliphatic rings. The number of allylic oxidation sites excluding steroid dienone is 2. The van der Waals surface area contributed by atoms with Crippen LogP contribution in [0.15, 0.2) is 23.3 Å². The number of hydrogen-bond acceptors (Lipinski definition) is 2. The number of unbranched alkanes of at least 4 members (excludes halogenated alkanes) is 4. The molecule has 0 spiro atoms. The number of carboxylic acid groups (broad SMARTS) is 2. The summed E-state index contributed by atoms with van der Waals surface area (Å²) in [6, 6.07) is 0. The first-order valence-electron chi connectivity index (χ1n) is 7.19. The highest BCUT2D eigenvalue weighted by atomic mass is 16.4. The highest BCUT2D eigenvalue weighted by Gasteiger charge is 2.02. The van der Waals surface area contributed by atoms with Gasteiger partial charge < -0.3 is 10.2 Å². The van der Waals surface area contributed by atoms with Gasteiger partial charge in [-0.1, -0.05) is 45.3 Å².